The van der Waals surface area contributed by atoms with Crippen LogP contribution in [0.3, 0.4) is 0 Å². The summed E-state index contributed by atoms with van der Waals surface area (Å²) in [5.41, 5.74) is 2.25. The van der Waals surface area contributed by atoms with Crippen LogP contribution in [0, 0.1) is 0 Å². The van der Waals surface area contributed by atoms with Crippen molar-refractivity contribution < 1.29 is 63.3 Å². The summed E-state index contributed by atoms with van der Waals surface area (Å²) in [6.07, 6.45) is -9.19. The Morgan fingerprint density at radius 3 is 2.23 bits per heavy atom. The van der Waals surface area contributed by atoms with E-state index in [1.807, 2.05) is 30.3 Å². The molecule has 2 aliphatic heterocycles. The summed E-state index contributed by atoms with van der Waals surface area (Å²) in [4.78, 5) is 53.6. The van der Waals surface area contributed by atoms with E-state index in [4.69, 9.17) is 23.7 Å². The zero-order chi connectivity index (χ0) is 35.1. The number of nitrogens with one attached hydrogen (secondary N) is 1. The predicted octanol–water partition coefficient (Wildman–Crippen LogP) is -0.0649. The standard InChI is InChI=1S/C33H42N2O13/c1-5-46-31(42)21(12-11-18-9-7-6-8-10-18)34-17(2)29(39)35-16-20-15-24(45-4)23(44-3)14-19(20)13-22(35)32(43)48-33-27(38)25(36)26(37)28(47-33)30(40)41/h6-10,14-15,17,21-22,25-28,33-34,36-38H,5,11-13,16H2,1-4H3,(H,40,41)/t17-,21-,22-,25?,26?,27?,28?,33?/m1/s1. The van der Waals surface area contributed by atoms with Gasteiger partial charge in [0.25, 0.3) is 0 Å². The molecule has 2 aromatic rings. The van der Waals surface area contributed by atoms with Crippen LogP contribution >= 0.6 is 0 Å². The lowest BCUT2D eigenvalue weighted by atomic mass is 9.92. The average Bonchev–Trinajstić information content (AvgIpc) is 3.08. The minimum absolute atomic E-state index is 0.0847. The molecule has 48 heavy (non-hydrogen) atoms. The highest BCUT2D eigenvalue weighted by molar-refractivity contribution is 5.89. The number of nitrogens with zero attached hydrogens (tertiary/aromatic N) is 1. The van der Waals surface area contributed by atoms with Crippen molar-refractivity contribution in [1.29, 1.82) is 0 Å². The maximum absolute atomic E-state index is 14.1. The first-order valence-corrected chi connectivity index (χ1v) is 15.5. The van der Waals surface area contributed by atoms with Crippen LogP contribution in [0.4, 0.5) is 0 Å². The third-order valence-electron chi connectivity index (χ3n) is 8.39. The van der Waals surface area contributed by atoms with Gasteiger partial charge in [0.15, 0.2) is 17.6 Å². The molecule has 2 heterocycles. The Balaban J connectivity index is 1.61. The quantitative estimate of drug-likeness (QED) is 0.176. The molecule has 15 nitrogen and oxygen atoms in total. The highest BCUT2D eigenvalue weighted by atomic mass is 16.7. The van der Waals surface area contributed by atoms with Gasteiger partial charge in [-0.05, 0) is 55.5 Å². The fraction of sp³-hybridized carbons (Fsp3) is 0.515. The minimum Gasteiger partial charge on any atom is -0.493 e. The number of carboxylic acids is 1. The molecule has 0 saturated carbocycles. The smallest absolute Gasteiger partial charge is 0.335 e. The number of carboxylic acid groups (broad SMARTS) is 1. The molecule has 8 atom stereocenters. The van der Waals surface area contributed by atoms with Gasteiger partial charge in [0.05, 0.1) is 26.9 Å². The number of aryl methyl sites for hydroxylation is 1. The second kappa shape index (κ2) is 16.2. The van der Waals surface area contributed by atoms with Crippen molar-refractivity contribution in [1.82, 2.24) is 10.2 Å². The predicted molar refractivity (Wildman–Crippen MR) is 166 cm³/mol. The van der Waals surface area contributed by atoms with Gasteiger partial charge in [-0.15, -0.1) is 0 Å². The number of esters is 2. The van der Waals surface area contributed by atoms with Gasteiger partial charge in [-0.3, -0.25) is 14.9 Å². The Labute approximate surface area is 277 Å². The van der Waals surface area contributed by atoms with Gasteiger partial charge < -0.3 is 49.0 Å². The number of benzene rings is 2. The number of methoxy groups -OCH3 is 2. The van der Waals surface area contributed by atoms with E-state index in [0.29, 0.717) is 35.5 Å². The molecule has 262 valence electrons. The van der Waals surface area contributed by atoms with Crippen LogP contribution in [-0.2, 0) is 52.8 Å². The first-order valence-electron chi connectivity index (χ1n) is 15.5. The van der Waals surface area contributed by atoms with E-state index >= 15 is 0 Å². The van der Waals surface area contributed by atoms with Crippen LogP contribution < -0.4 is 14.8 Å². The largest absolute Gasteiger partial charge is 0.493 e. The Hall–Kier alpha value is -4.28. The molecule has 4 rings (SSSR count). The number of fused-ring (bicyclic) bond motifs is 1. The number of carbonyl (C=O) groups is 4. The number of ether oxygens (including phenoxy) is 5. The third kappa shape index (κ3) is 8.22. The summed E-state index contributed by atoms with van der Waals surface area (Å²) in [5, 5.41) is 43.2. The molecule has 0 spiro atoms. The number of carbonyl (C=O) groups excluding carboxylic acids is 3. The van der Waals surface area contributed by atoms with Crippen molar-refractivity contribution in [2.24, 2.45) is 0 Å². The summed E-state index contributed by atoms with van der Waals surface area (Å²) in [7, 11) is 2.90. The molecule has 15 heteroatoms. The van der Waals surface area contributed by atoms with Gasteiger partial charge >= 0.3 is 17.9 Å². The topological polar surface area (TPSA) is 211 Å². The maximum Gasteiger partial charge on any atom is 0.335 e. The van der Waals surface area contributed by atoms with E-state index in [9.17, 15) is 39.6 Å². The van der Waals surface area contributed by atoms with Crippen molar-refractivity contribution in [3.05, 3.63) is 59.2 Å². The van der Waals surface area contributed by atoms with Crippen LogP contribution in [0.5, 0.6) is 11.5 Å². The van der Waals surface area contributed by atoms with Gasteiger partial charge in [0.1, 0.15) is 30.4 Å². The fourth-order valence-electron chi connectivity index (χ4n) is 5.79. The van der Waals surface area contributed by atoms with Crippen molar-refractivity contribution in [3.8, 4) is 11.5 Å². The Morgan fingerprint density at radius 2 is 1.62 bits per heavy atom. The van der Waals surface area contributed by atoms with E-state index in [0.717, 1.165) is 5.56 Å². The zero-order valence-electron chi connectivity index (χ0n) is 27.1. The number of hydrogen-bond acceptors (Lipinski definition) is 13. The number of hydrogen-bond donors (Lipinski definition) is 5. The Morgan fingerprint density at radius 1 is 0.979 bits per heavy atom. The molecule has 0 aromatic heterocycles. The molecular formula is C33H42N2O13. The van der Waals surface area contributed by atoms with Crippen LogP contribution in [0.25, 0.3) is 0 Å². The average molecular weight is 675 g/mol. The molecule has 0 aliphatic carbocycles. The van der Waals surface area contributed by atoms with E-state index in [1.54, 1.807) is 26.0 Å². The molecule has 5 N–H and O–H groups in total. The highest BCUT2D eigenvalue weighted by Crippen LogP contribution is 2.35. The van der Waals surface area contributed by atoms with Gasteiger partial charge in [-0.2, -0.15) is 0 Å². The Bertz CT molecular complexity index is 1450. The van der Waals surface area contributed by atoms with Crippen LogP contribution in [0.1, 0.15) is 37.0 Å². The molecule has 1 saturated heterocycles. The maximum atomic E-state index is 14.1. The summed E-state index contributed by atoms with van der Waals surface area (Å²) < 4.78 is 26.6. The summed E-state index contributed by atoms with van der Waals surface area (Å²) in [6.45, 7) is 3.27. The van der Waals surface area contributed by atoms with Gasteiger partial charge in [0, 0.05) is 13.0 Å². The molecule has 1 amide bonds. The molecule has 0 radical (unpaired) electrons. The molecular weight excluding hydrogens is 632 g/mol. The number of aliphatic hydroxyl groups is 3. The van der Waals surface area contributed by atoms with E-state index in [1.165, 1.54) is 19.1 Å². The monoisotopic (exact) mass is 674 g/mol. The Kier molecular flexibility index (Phi) is 12.3. The van der Waals surface area contributed by atoms with Crippen molar-refractivity contribution in [2.75, 3.05) is 20.8 Å². The molecule has 1 fully saturated rings. The van der Waals surface area contributed by atoms with Crippen LogP contribution in [0.15, 0.2) is 42.5 Å². The second-order valence-electron chi connectivity index (χ2n) is 11.6. The fourth-order valence-corrected chi connectivity index (χ4v) is 5.79. The van der Waals surface area contributed by atoms with Gasteiger partial charge in [-0.1, -0.05) is 30.3 Å². The number of aliphatic carboxylic acids is 1. The molecule has 2 aliphatic rings. The van der Waals surface area contributed by atoms with Crippen molar-refractivity contribution in [3.63, 3.8) is 0 Å². The SMILES string of the molecule is CCOC(=O)[C@@H](CCc1ccccc1)N[C@H](C)C(=O)N1Cc2cc(OC)c(OC)cc2C[C@@H]1C(=O)OC1OC(C(=O)O)C(O)C(O)C1O. The molecule has 0 bridgehead atoms. The highest BCUT2D eigenvalue weighted by Gasteiger charge is 2.50. The van der Waals surface area contributed by atoms with E-state index in [-0.39, 0.29) is 19.6 Å². The summed E-state index contributed by atoms with van der Waals surface area (Å²) >= 11 is 0. The minimum atomic E-state index is -2.00. The first kappa shape index (κ1) is 36.6. The zero-order valence-corrected chi connectivity index (χ0v) is 27.1. The van der Waals surface area contributed by atoms with Crippen LogP contribution in [0.2, 0.25) is 0 Å². The van der Waals surface area contributed by atoms with E-state index < -0.39 is 72.6 Å². The normalized spacial score (nSPS) is 24.9. The molecule has 5 unspecified atom stereocenters. The van der Waals surface area contributed by atoms with Crippen molar-refractivity contribution >= 4 is 23.8 Å². The van der Waals surface area contributed by atoms with Crippen LogP contribution in [-0.4, -0.2) is 119 Å². The number of aliphatic hydroxyl groups excluding tert-OH is 3. The molecule has 2 aromatic carbocycles. The first-order chi connectivity index (χ1) is 22.9. The van der Waals surface area contributed by atoms with Gasteiger partial charge in [-0.25, -0.2) is 9.59 Å². The lowest BCUT2D eigenvalue weighted by molar-refractivity contribution is -0.287. The lowest BCUT2D eigenvalue weighted by Crippen LogP contribution is -2.62. The lowest BCUT2D eigenvalue weighted by Gasteiger charge is -2.41. The van der Waals surface area contributed by atoms with E-state index in [2.05, 4.69) is 5.32 Å². The number of amides is 1. The third-order valence-corrected chi connectivity index (χ3v) is 8.39. The number of rotatable bonds is 13. The van der Waals surface area contributed by atoms with Crippen molar-refractivity contribution in [2.45, 2.75) is 88.5 Å². The summed E-state index contributed by atoms with van der Waals surface area (Å²) in [6, 6.07) is 9.65. The summed E-state index contributed by atoms with van der Waals surface area (Å²) in [5.74, 6) is -3.06. The second-order valence-corrected chi connectivity index (χ2v) is 11.6. The van der Waals surface area contributed by atoms with Gasteiger partial charge in [0.2, 0.25) is 12.2 Å².